The molecule has 1 saturated heterocycles. The third-order valence-corrected chi connectivity index (χ3v) is 6.80. The van der Waals surface area contributed by atoms with Gasteiger partial charge in [0.25, 0.3) is 11.7 Å². The molecule has 1 N–H and O–H groups in total. The van der Waals surface area contributed by atoms with Crippen LogP contribution < -0.4 is 9.47 Å². The number of aliphatic hydroxyl groups is 1. The molecule has 0 saturated carbocycles. The number of unbranched alkanes of at least 4 members (excludes halogenated alkanes) is 1. The summed E-state index contributed by atoms with van der Waals surface area (Å²) in [6.45, 7) is 3.42. The van der Waals surface area contributed by atoms with E-state index < -0.39 is 17.7 Å². The van der Waals surface area contributed by atoms with Crippen molar-refractivity contribution in [1.82, 2.24) is 4.90 Å². The smallest absolute Gasteiger partial charge is 0.295 e. The van der Waals surface area contributed by atoms with E-state index in [4.69, 9.17) is 9.47 Å². The van der Waals surface area contributed by atoms with Crippen LogP contribution in [0.1, 0.15) is 60.9 Å². The molecular weight excluding hydrogens is 418 g/mol. The van der Waals surface area contributed by atoms with Crippen molar-refractivity contribution in [3.8, 4) is 11.5 Å². The van der Waals surface area contributed by atoms with Gasteiger partial charge < -0.3 is 19.5 Å². The second kappa shape index (κ2) is 8.93. The Kier molecular flexibility index (Phi) is 5.83. The lowest BCUT2D eigenvalue weighted by Crippen LogP contribution is -2.30. The highest BCUT2D eigenvalue weighted by Crippen LogP contribution is 2.43. The van der Waals surface area contributed by atoms with E-state index in [0.717, 1.165) is 37.7 Å². The van der Waals surface area contributed by atoms with E-state index in [1.165, 1.54) is 17.5 Å². The number of nitrogens with zero attached hydrogens (tertiary/aromatic N) is 1. The van der Waals surface area contributed by atoms with Gasteiger partial charge in [0, 0.05) is 12.1 Å². The molecule has 0 aromatic heterocycles. The van der Waals surface area contributed by atoms with Gasteiger partial charge >= 0.3 is 0 Å². The van der Waals surface area contributed by atoms with Crippen LogP contribution in [0.2, 0.25) is 0 Å². The quantitative estimate of drug-likeness (QED) is 0.413. The lowest BCUT2D eigenvalue weighted by Gasteiger charge is -2.27. The van der Waals surface area contributed by atoms with Crippen LogP contribution in [0.5, 0.6) is 11.5 Å². The van der Waals surface area contributed by atoms with Crippen LogP contribution in [-0.2, 0) is 22.4 Å². The van der Waals surface area contributed by atoms with Crippen molar-refractivity contribution in [3.05, 3.63) is 64.2 Å². The number of ketones is 1. The molecule has 3 aliphatic rings. The molecule has 6 nitrogen and oxygen atoms in total. The summed E-state index contributed by atoms with van der Waals surface area (Å²) in [6, 6.07) is 10.7. The zero-order valence-corrected chi connectivity index (χ0v) is 18.9. The number of carbonyl (C=O) groups excluding carboxylic acids is 2. The first-order valence-corrected chi connectivity index (χ1v) is 11.9. The molecule has 1 amide bonds. The summed E-state index contributed by atoms with van der Waals surface area (Å²) in [6.07, 6.45) is 5.96. The number of hydrogen-bond acceptors (Lipinski definition) is 5. The van der Waals surface area contributed by atoms with E-state index in [-0.39, 0.29) is 11.3 Å². The maximum absolute atomic E-state index is 13.2. The molecule has 0 bridgehead atoms. The Morgan fingerprint density at radius 2 is 1.76 bits per heavy atom. The van der Waals surface area contributed by atoms with Gasteiger partial charge in [-0.05, 0) is 67.0 Å². The Labute approximate surface area is 193 Å². The molecule has 5 rings (SSSR count). The minimum absolute atomic E-state index is 0.111. The van der Waals surface area contributed by atoms with Crippen molar-refractivity contribution in [1.29, 1.82) is 0 Å². The summed E-state index contributed by atoms with van der Waals surface area (Å²) in [5.74, 6) is -0.0801. The van der Waals surface area contributed by atoms with Crippen molar-refractivity contribution in [2.24, 2.45) is 0 Å². The number of rotatable bonds is 5. The van der Waals surface area contributed by atoms with Gasteiger partial charge in [0.15, 0.2) is 11.5 Å². The monoisotopic (exact) mass is 447 g/mol. The first-order chi connectivity index (χ1) is 16.1. The van der Waals surface area contributed by atoms with Gasteiger partial charge in [-0.1, -0.05) is 31.5 Å². The second-order valence-electron chi connectivity index (χ2n) is 8.94. The lowest BCUT2D eigenvalue weighted by molar-refractivity contribution is -0.139. The minimum Gasteiger partial charge on any atom is -0.507 e. The van der Waals surface area contributed by atoms with Crippen molar-refractivity contribution < 1.29 is 24.2 Å². The van der Waals surface area contributed by atoms with E-state index in [1.807, 2.05) is 43.3 Å². The molecule has 1 fully saturated rings. The molecule has 0 radical (unpaired) electrons. The SMILES string of the molecule is CCCCN1C(=O)C(=O)/C(=C(\O)c2ccc3c(c2)CCCC3)C1c1ccc2c(c1)OCCO2. The normalized spacial score (nSPS) is 21.2. The van der Waals surface area contributed by atoms with Crippen LogP contribution in [0.15, 0.2) is 42.0 Å². The van der Waals surface area contributed by atoms with Gasteiger partial charge in [-0.3, -0.25) is 9.59 Å². The van der Waals surface area contributed by atoms with Crippen LogP contribution in [0.3, 0.4) is 0 Å². The fourth-order valence-electron chi connectivity index (χ4n) is 5.05. The summed E-state index contributed by atoms with van der Waals surface area (Å²) in [7, 11) is 0. The largest absolute Gasteiger partial charge is 0.507 e. The predicted molar refractivity (Wildman–Crippen MR) is 124 cm³/mol. The maximum Gasteiger partial charge on any atom is 0.295 e. The van der Waals surface area contributed by atoms with Crippen LogP contribution in [0, 0.1) is 0 Å². The molecule has 2 aromatic carbocycles. The number of benzene rings is 2. The highest BCUT2D eigenvalue weighted by Gasteiger charge is 2.46. The average molecular weight is 448 g/mol. The Hall–Kier alpha value is -3.28. The van der Waals surface area contributed by atoms with Gasteiger partial charge in [0.05, 0.1) is 11.6 Å². The number of likely N-dealkylation sites (tertiary alicyclic amines) is 1. The zero-order valence-electron chi connectivity index (χ0n) is 18.9. The molecule has 172 valence electrons. The Morgan fingerprint density at radius 1 is 1.00 bits per heavy atom. The molecule has 2 aromatic rings. The molecular formula is C27H29NO5. The maximum atomic E-state index is 13.2. The average Bonchev–Trinajstić information content (AvgIpc) is 3.11. The van der Waals surface area contributed by atoms with Crippen LogP contribution in [0.4, 0.5) is 0 Å². The standard InChI is InChI=1S/C27H29NO5/c1-2-3-12-28-24(19-10-11-21-22(16-19)33-14-13-32-21)23(26(30)27(28)31)25(29)20-9-8-17-6-4-5-7-18(17)15-20/h8-11,15-16,24,29H,2-7,12-14H2,1H3/b25-23-. The van der Waals surface area contributed by atoms with Crippen molar-refractivity contribution in [3.63, 3.8) is 0 Å². The van der Waals surface area contributed by atoms with Gasteiger partial charge in [-0.15, -0.1) is 0 Å². The van der Waals surface area contributed by atoms with E-state index in [1.54, 1.807) is 4.90 Å². The Bertz CT molecular complexity index is 1140. The number of ether oxygens (including phenoxy) is 2. The Balaban J connectivity index is 1.62. The van der Waals surface area contributed by atoms with Crippen molar-refractivity contribution in [2.45, 2.75) is 51.5 Å². The first-order valence-electron chi connectivity index (χ1n) is 11.9. The minimum atomic E-state index is -0.664. The number of fused-ring (bicyclic) bond motifs is 2. The predicted octanol–water partition coefficient (Wildman–Crippen LogP) is 4.56. The molecule has 6 heteroatoms. The van der Waals surface area contributed by atoms with Crippen molar-refractivity contribution in [2.75, 3.05) is 19.8 Å². The molecule has 2 heterocycles. The summed E-state index contributed by atoms with van der Waals surface area (Å²) in [5.41, 5.74) is 3.97. The fourth-order valence-corrected chi connectivity index (χ4v) is 5.05. The van der Waals surface area contributed by atoms with Crippen molar-refractivity contribution >= 4 is 17.4 Å². The van der Waals surface area contributed by atoms with Gasteiger partial charge in [0.1, 0.15) is 19.0 Å². The topological polar surface area (TPSA) is 76.1 Å². The van der Waals surface area contributed by atoms with Crippen LogP contribution in [-0.4, -0.2) is 41.5 Å². The third-order valence-electron chi connectivity index (χ3n) is 6.80. The summed E-state index contributed by atoms with van der Waals surface area (Å²) in [4.78, 5) is 27.8. The number of carbonyl (C=O) groups is 2. The van der Waals surface area contributed by atoms with E-state index in [0.29, 0.717) is 36.8 Å². The van der Waals surface area contributed by atoms with E-state index in [2.05, 4.69) is 0 Å². The first kappa shape index (κ1) is 21.6. The summed E-state index contributed by atoms with van der Waals surface area (Å²) in [5, 5.41) is 11.3. The molecule has 1 aliphatic carbocycles. The van der Waals surface area contributed by atoms with E-state index >= 15 is 0 Å². The number of hydrogen-bond donors (Lipinski definition) is 1. The highest BCUT2D eigenvalue weighted by molar-refractivity contribution is 6.46. The number of Topliss-reactive ketones (excluding diaryl/α,β-unsaturated/α-hetero) is 1. The van der Waals surface area contributed by atoms with E-state index in [9.17, 15) is 14.7 Å². The van der Waals surface area contributed by atoms with Gasteiger partial charge in [-0.2, -0.15) is 0 Å². The Morgan fingerprint density at radius 3 is 2.55 bits per heavy atom. The number of aryl methyl sites for hydroxylation is 2. The van der Waals surface area contributed by atoms with Gasteiger partial charge in [0.2, 0.25) is 0 Å². The molecule has 1 unspecified atom stereocenters. The third kappa shape index (κ3) is 3.88. The van der Waals surface area contributed by atoms with Gasteiger partial charge in [-0.25, -0.2) is 0 Å². The molecule has 0 spiro atoms. The van der Waals surface area contributed by atoms with Crippen LogP contribution >= 0.6 is 0 Å². The number of aliphatic hydroxyl groups excluding tert-OH is 1. The highest BCUT2D eigenvalue weighted by atomic mass is 16.6. The number of amides is 1. The fraction of sp³-hybridized carbons (Fsp3) is 0.407. The lowest BCUT2D eigenvalue weighted by atomic mass is 9.88. The molecule has 1 atom stereocenters. The molecule has 2 aliphatic heterocycles. The molecule has 33 heavy (non-hydrogen) atoms. The van der Waals surface area contributed by atoms with Crippen LogP contribution in [0.25, 0.3) is 5.76 Å². The summed E-state index contributed by atoms with van der Waals surface area (Å²) < 4.78 is 11.4. The second-order valence-corrected chi connectivity index (χ2v) is 8.94. The zero-order chi connectivity index (χ0) is 22.9. The summed E-state index contributed by atoms with van der Waals surface area (Å²) >= 11 is 0.